The normalized spacial score (nSPS) is 19.6. The van der Waals surface area contributed by atoms with E-state index in [0.717, 1.165) is 102 Å². The summed E-state index contributed by atoms with van der Waals surface area (Å²) >= 11 is 0. The van der Waals surface area contributed by atoms with Crippen molar-refractivity contribution in [1.82, 2.24) is 18.9 Å². The van der Waals surface area contributed by atoms with Gasteiger partial charge in [0.15, 0.2) is 0 Å². The molecule has 6 heterocycles. The third-order valence-corrected chi connectivity index (χ3v) is 10.9. The zero-order valence-electron chi connectivity index (χ0n) is 27.8. The fourth-order valence-electron chi connectivity index (χ4n) is 8.30. The number of fused-ring (bicyclic) bond motifs is 6. The van der Waals surface area contributed by atoms with Crippen molar-refractivity contribution < 1.29 is 28.9 Å². The molecule has 1 N–H and O–H groups in total. The van der Waals surface area contributed by atoms with Crippen molar-refractivity contribution in [2.24, 2.45) is 14.1 Å². The monoisotopic (exact) mass is 642 g/mol. The van der Waals surface area contributed by atoms with Crippen LogP contribution >= 0.6 is 0 Å². The summed E-state index contributed by atoms with van der Waals surface area (Å²) in [6.45, 7) is 7.51. The second kappa shape index (κ2) is 13.4. The van der Waals surface area contributed by atoms with Crippen LogP contribution in [0.5, 0.6) is 0 Å². The molecule has 4 aliphatic rings. The number of carboxylic acids is 1. The zero-order valence-corrected chi connectivity index (χ0v) is 27.8. The second-order valence-corrected chi connectivity index (χ2v) is 13.4. The second-order valence-electron chi connectivity index (χ2n) is 13.4. The van der Waals surface area contributed by atoms with Crippen molar-refractivity contribution in [3.8, 4) is 0 Å². The summed E-state index contributed by atoms with van der Waals surface area (Å²) in [5, 5.41) is 11.6. The number of carbonyl (C=O) groups excluding carboxylic acids is 1. The standard InChI is InChI=1S/C19H24N2O3.C18H22N2O3/c1-20-17-4-3-13(19(22)23-2)11-15(17)16-12-21(8-5-18(16)20)14-6-9-24-10-7-14;1-19-16-3-2-12(18(21)22)10-14(16)15-11-20(7-4-17(15)19)13-5-8-23-9-6-13/h3-4,11,14H,5-10,12H2,1-2H3;2-3,10,13H,4-9,11H2,1H3,(H,21,22). The molecular formula is C37H46N4O6. The van der Waals surface area contributed by atoms with Gasteiger partial charge in [0.05, 0.1) is 18.2 Å². The summed E-state index contributed by atoms with van der Waals surface area (Å²) in [6.07, 6.45) is 6.52. The first-order valence-electron chi connectivity index (χ1n) is 17.0. The van der Waals surface area contributed by atoms with E-state index in [1.165, 1.54) is 40.5 Å². The molecule has 0 saturated carbocycles. The molecule has 0 amide bonds. The van der Waals surface area contributed by atoms with Gasteiger partial charge in [0.25, 0.3) is 0 Å². The maximum Gasteiger partial charge on any atom is 0.337 e. The van der Waals surface area contributed by atoms with Crippen LogP contribution in [0.4, 0.5) is 0 Å². The third-order valence-electron chi connectivity index (χ3n) is 10.9. The van der Waals surface area contributed by atoms with E-state index in [9.17, 15) is 14.7 Å². The molecule has 10 nitrogen and oxygen atoms in total. The van der Waals surface area contributed by atoms with Gasteiger partial charge in [-0.25, -0.2) is 9.59 Å². The summed E-state index contributed by atoms with van der Waals surface area (Å²) in [4.78, 5) is 28.3. The number of carboxylic acid groups (broad SMARTS) is 1. The van der Waals surface area contributed by atoms with Gasteiger partial charge in [-0.2, -0.15) is 0 Å². The highest BCUT2D eigenvalue weighted by atomic mass is 16.5. The average molecular weight is 643 g/mol. The lowest BCUT2D eigenvalue weighted by Gasteiger charge is -2.37. The molecule has 2 fully saturated rings. The molecule has 0 aliphatic carbocycles. The lowest BCUT2D eigenvalue weighted by molar-refractivity contribution is 0.0289. The quantitative estimate of drug-likeness (QED) is 0.314. The van der Waals surface area contributed by atoms with Crippen LogP contribution in [0.25, 0.3) is 21.8 Å². The van der Waals surface area contributed by atoms with Crippen LogP contribution in [-0.4, -0.2) is 94.7 Å². The summed E-state index contributed by atoms with van der Waals surface area (Å²) in [6, 6.07) is 12.6. The molecule has 0 radical (unpaired) electrons. The number of hydrogen-bond donors (Lipinski definition) is 1. The Balaban J connectivity index is 0.000000150. The number of methoxy groups -OCH3 is 1. The van der Waals surface area contributed by atoms with Gasteiger partial charge in [0, 0.05) is 125 Å². The van der Waals surface area contributed by atoms with Crippen LogP contribution in [0.1, 0.15) is 68.9 Å². The lowest BCUT2D eigenvalue weighted by atomic mass is 9.99. The van der Waals surface area contributed by atoms with Crippen molar-refractivity contribution in [3.05, 3.63) is 70.0 Å². The van der Waals surface area contributed by atoms with Gasteiger partial charge >= 0.3 is 11.9 Å². The molecule has 10 heteroatoms. The van der Waals surface area contributed by atoms with Gasteiger partial charge in [-0.05, 0) is 73.2 Å². The maximum atomic E-state index is 11.9. The first kappa shape index (κ1) is 31.9. The third kappa shape index (κ3) is 6.08. The molecule has 0 unspecified atom stereocenters. The Bertz CT molecular complexity index is 1800. The Morgan fingerprint density at radius 3 is 1.62 bits per heavy atom. The lowest BCUT2D eigenvalue weighted by Crippen LogP contribution is -2.42. The molecule has 47 heavy (non-hydrogen) atoms. The number of hydrogen-bond acceptors (Lipinski definition) is 7. The largest absolute Gasteiger partial charge is 0.478 e. The van der Waals surface area contributed by atoms with E-state index in [-0.39, 0.29) is 5.97 Å². The number of carbonyl (C=O) groups is 2. The molecule has 2 aromatic heterocycles. The number of ether oxygens (including phenoxy) is 3. The fourth-order valence-corrected chi connectivity index (χ4v) is 8.30. The molecule has 0 bridgehead atoms. The molecule has 2 aromatic carbocycles. The SMILES string of the molecule is COC(=O)c1ccc2c(c1)c1c(n2C)CCN(C2CCOCC2)C1.Cn1c2c(c3cc(C(=O)O)ccc31)CN(C1CCOCC1)CC2. The molecule has 4 aliphatic heterocycles. The minimum atomic E-state index is -0.860. The Morgan fingerprint density at radius 2 is 1.17 bits per heavy atom. The van der Waals surface area contributed by atoms with Gasteiger partial charge in [-0.3, -0.25) is 9.80 Å². The molecule has 0 atom stereocenters. The zero-order chi connectivity index (χ0) is 32.7. The van der Waals surface area contributed by atoms with Gasteiger partial charge in [0.2, 0.25) is 0 Å². The molecule has 4 aromatic rings. The number of benzene rings is 2. The smallest absolute Gasteiger partial charge is 0.337 e. The molecule has 0 spiro atoms. The van der Waals surface area contributed by atoms with E-state index in [1.54, 1.807) is 6.07 Å². The summed E-state index contributed by atoms with van der Waals surface area (Å²) in [5.74, 6) is -1.13. The summed E-state index contributed by atoms with van der Waals surface area (Å²) in [5.41, 5.74) is 8.76. The van der Waals surface area contributed by atoms with Crippen LogP contribution in [-0.2, 0) is 54.2 Å². The minimum Gasteiger partial charge on any atom is -0.478 e. The number of rotatable bonds is 4. The topological polar surface area (TPSA) is 98.4 Å². The first-order chi connectivity index (χ1) is 22.8. The van der Waals surface area contributed by atoms with Crippen LogP contribution in [0, 0.1) is 0 Å². The Morgan fingerprint density at radius 1 is 0.723 bits per heavy atom. The van der Waals surface area contributed by atoms with Gasteiger partial charge < -0.3 is 28.5 Å². The van der Waals surface area contributed by atoms with Crippen molar-refractivity contribution in [3.63, 3.8) is 0 Å². The predicted octanol–water partition coefficient (Wildman–Crippen LogP) is 4.92. The molecule has 8 rings (SSSR count). The van der Waals surface area contributed by atoms with E-state index < -0.39 is 5.97 Å². The van der Waals surface area contributed by atoms with Gasteiger partial charge in [-0.15, -0.1) is 0 Å². The van der Waals surface area contributed by atoms with E-state index in [1.807, 2.05) is 30.3 Å². The van der Waals surface area contributed by atoms with E-state index in [2.05, 4.69) is 33.0 Å². The number of nitrogens with zero attached hydrogens (tertiary/aromatic N) is 4. The average Bonchev–Trinajstić information content (AvgIpc) is 3.57. The minimum absolute atomic E-state index is 0.272. The van der Waals surface area contributed by atoms with Gasteiger partial charge in [0.1, 0.15) is 0 Å². The first-order valence-corrected chi connectivity index (χ1v) is 17.0. The highest BCUT2D eigenvalue weighted by molar-refractivity contribution is 5.97. The summed E-state index contributed by atoms with van der Waals surface area (Å²) < 4.78 is 20.4. The highest BCUT2D eigenvalue weighted by Gasteiger charge is 2.30. The highest BCUT2D eigenvalue weighted by Crippen LogP contribution is 2.34. The Labute approximate surface area is 275 Å². The van der Waals surface area contributed by atoms with Crippen LogP contribution in [0.2, 0.25) is 0 Å². The van der Waals surface area contributed by atoms with E-state index in [4.69, 9.17) is 14.2 Å². The molecule has 250 valence electrons. The van der Waals surface area contributed by atoms with Crippen LogP contribution < -0.4 is 0 Å². The van der Waals surface area contributed by atoms with Crippen molar-refractivity contribution in [2.75, 3.05) is 46.6 Å². The predicted molar refractivity (Wildman–Crippen MR) is 180 cm³/mol. The van der Waals surface area contributed by atoms with Crippen molar-refractivity contribution >= 4 is 33.7 Å². The van der Waals surface area contributed by atoms with Crippen molar-refractivity contribution in [1.29, 1.82) is 0 Å². The van der Waals surface area contributed by atoms with E-state index >= 15 is 0 Å². The molecule has 2 saturated heterocycles. The summed E-state index contributed by atoms with van der Waals surface area (Å²) in [7, 11) is 5.65. The molecular weight excluding hydrogens is 596 g/mol. The van der Waals surface area contributed by atoms with Gasteiger partial charge in [-0.1, -0.05) is 0 Å². The Kier molecular flexibility index (Phi) is 9.11. The van der Waals surface area contributed by atoms with Crippen molar-refractivity contribution in [2.45, 2.75) is 63.7 Å². The number of aromatic nitrogens is 2. The van der Waals surface area contributed by atoms with Crippen LogP contribution in [0.3, 0.4) is 0 Å². The number of esters is 1. The fraction of sp³-hybridized carbons (Fsp3) is 0.514. The van der Waals surface area contributed by atoms with Crippen LogP contribution in [0.15, 0.2) is 36.4 Å². The number of aryl methyl sites for hydroxylation is 2. The number of aromatic carboxylic acids is 1. The van der Waals surface area contributed by atoms with E-state index in [0.29, 0.717) is 23.2 Å². The Hall–Kier alpha value is -3.70. The maximum absolute atomic E-state index is 11.9.